The molecule has 1 atom stereocenters. The van der Waals surface area contributed by atoms with Gasteiger partial charge in [0.05, 0.1) is 6.04 Å². The average Bonchev–Trinajstić information content (AvgIpc) is 2.42. The Morgan fingerprint density at radius 2 is 1.74 bits per heavy atom. The normalized spacial score (nSPS) is 21.6. The number of hydrogen-bond acceptors (Lipinski definition) is 3. The molecule has 0 radical (unpaired) electrons. The first-order valence-electron chi connectivity index (χ1n) is 8.52. The summed E-state index contributed by atoms with van der Waals surface area (Å²) in [4.78, 5) is 12.7. The first-order chi connectivity index (χ1) is 10.7. The van der Waals surface area contributed by atoms with Crippen LogP contribution >= 0.6 is 0 Å². The Labute approximate surface area is 140 Å². The third kappa shape index (κ3) is 5.33. The lowest BCUT2D eigenvalue weighted by molar-refractivity contribution is -0.124. The summed E-state index contributed by atoms with van der Waals surface area (Å²) in [6.45, 7) is 8.80. The molecule has 2 rings (SSSR count). The standard InChI is InChI=1S/C19H31N3O/c1-18(2)12-15(13-19(3,4)22-18)21-17(23)16(20-5)11-14-9-7-6-8-10-14/h6-10,15-16,20,22H,11-13H2,1-5H3,(H,21,23)/t16-/m1/s1. The van der Waals surface area contributed by atoms with Gasteiger partial charge in [-0.25, -0.2) is 0 Å². The van der Waals surface area contributed by atoms with Crippen LogP contribution in [0.25, 0.3) is 0 Å². The maximum Gasteiger partial charge on any atom is 0.237 e. The molecule has 4 heteroatoms. The average molecular weight is 317 g/mol. The van der Waals surface area contributed by atoms with E-state index in [-0.39, 0.29) is 29.1 Å². The molecular formula is C19H31N3O. The van der Waals surface area contributed by atoms with Crippen molar-refractivity contribution in [2.24, 2.45) is 0 Å². The van der Waals surface area contributed by atoms with Crippen molar-refractivity contribution in [3.63, 3.8) is 0 Å². The van der Waals surface area contributed by atoms with E-state index in [0.29, 0.717) is 6.42 Å². The molecule has 1 saturated heterocycles. The minimum absolute atomic E-state index is 0.0360. The quantitative estimate of drug-likeness (QED) is 0.781. The molecule has 0 unspecified atom stereocenters. The van der Waals surface area contributed by atoms with Crippen LogP contribution in [0.4, 0.5) is 0 Å². The van der Waals surface area contributed by atoms with E-state index >= 15 is 0 Å². The zero-order chi connectivity index (χ0) is 17.1. The summed E-state index contributed by atoms with van der Waals surface area (Å²) in [7, 11) is 1.85. The molecule has 1 aromatic carbocycles. The Balaban J connectivity index is 1.99. The summed E-state index contributed by atoms with van der Waals surface area (Å²) in [6.07, 6.45) is 2.61. The lowest BCUT2D eigenvalue weighted by Gasteiger charge is -2.46. The van der Waals surface area contributed by atoms with Crippen molar-refractivity contribution in [2.45, 2.75) is 70.1 Å². The molecule has 0 saturated carbocycles. The number of piperidine rings is 1. The molecule has 23 heavy (non-hydrogen) atoms. The molecule has 1 aliphatic rings. The molecule has 1 heterocycles. The Hall–Kier alpha value is -1.39. The van der Waals surface area contributed by atoms with Crippen LogP contribution in [0.1, 0.15) is 46.1 Å². The number of benzene rings is 1. The Morgan fingerprint density at radius 1 is 1.17 bits per heavy atom. The second-order valence-electron chi connectivity index (χ2n) is 8.04. The SMILES string of the molecule is CN[C@H](Cc1ccccc1)C(=O)NC1CC(C)(C)NC(C)(C)C1. The van der Waals surface area contributed by atoms with E-state index in [2.05, 4.69) is 55.8 Å². The Bertz CT molecular complexity index is 509. The van der Waals surface area contributed by atoms with Gasteiger partial charge in [-0.2, -0.15) is 0 Å². The third-order valence-corrected chi connectivity index (χ3v) is 4.48. The Morgan fingerprint density at radius 3 is 2.26 bits per heavy atom. The number of carbonyl (C=O) groups excluding carboxylic acids is 1. The van der Waals surface area contributed by atoms with Gasteiger partial charge in [0, 0.05) is 17.1 Å². The van der Waals surface area contributed by atoms with E-state index in [9.17, 15) is 4.79 Å². The second kappa shape index (κ2) is 7.02. The molecule has 3 N–H and O–H groups in total. The summed E-state index contributed by atoms with van der Waals surface area (Å²) >= 11 is 0. The first-order valence-corrected chi connectivity index (χ1v) is 8.52. The maximum absolute atomic E-state index is 12.7. The molecule has 1 fully saturated rings. The van der Waals surface area contributed by atoms with Crippen LogP contribution < -0.4 is 16.0 Å². The fourth-order valence-corrected chi connectivity index (χ4v) is 3.90. The van der Waals surface area contributed by atoms with Crippen LogP contribution in [0, 0.1) is 0 Å². The van der Waals surface area contributed by atoms with E-state index < -0.39 is 0 Å². The van der Waals surface area contributed by atoms with E-state index in [1.54, 1.807) is 0 Å². The minimum Gasteiger partial charge on any atom is -0.352 e. The van der Waals surface area contributed by atoms with Crippen molar-refractivity contribution in [1.29, 1.82) is 0 Å². The van der Waals surface area contributed by atoms with Crippen molar-refractivity contribution < 1.29 is 4.79 Å². The van der Waals surface area contributed by atoms with Crippen LogP contribution in [0.2, 0.25) is 0 Å². The van der Waals surface area contributed by atoms with Gasteiger partial charge >= 0.3 is 0 Å². The highest BCUT2D eigenvalue weighted by molar-refractivity contribution is 5.82. The van der Waals surface area contributed by atoms with Crippen LogP contribution in [0.15, 0.2) is 30.3 Å². The Kier molecular flexibility index (Phi) is 5.48. The number of carbonyl (C=O) groups is 1. The van der Waals surface area contributed by atoms with Crippen molar-refractivity contribution in [3.05, 3.63) is 35.9 Å². The predicted octanol–water partition coefficient (Wildman–Crippen LogP) is 2.24. The lowest BCUT2D eigenvalue weighted by Crippen LogP contribution is -2.63. The summed E-state index contributed by atoms with van der Waals surface area (Å²) in [5.41, 5.74) is 1.25. The maximum atomic E-state index is 12.7. The molecule has 0 aliphatic carbocycles. The van der Waals surface area contributed by atoms with Crippen LogP contribution in [0.3, 0.4) is 0 Å². The van der Waals surface area contributed by atoms with Gasteiger partial charge < -0.3 is 16.0 Å². The molecule has 1 aromatic rings. The fraction of sp³-hybridized carbons (Fsp3) is 0.632. The van der Waals surface area contributed by atoms with E-state index in [0.717, 1.165) is 12.8 Å². The minimum atomic E-state index is -0.196. The monoisotopic (exact) mass is 317 g/mol. The molecule has 0 spiro atoms. The van der Waals surface area contributed by atoms with E-state index in [1.807, 2.05) is 25.2 Å². The zero-order valence-corrected chi connectivity index (χ0v) is 15.1. The highest BCUT2D eigenvalue weighted by atomic mass is 16.2. The summed E-state index contributed by atoms with van der Waals surface area (Å²) < 4.78 is 0. The van der Waals surface area contributed by atoms with Gasteiger partial charge in [0.15, 0.2) is 0 Å². The van der Waals surface area contributed by atoms with Crippen molar-refractivity contribution in [2.75, 3.05) is 7.05 Å². The fourth-order valence-electron chi connectivity index (χ4n) is 3.90. The van der Waals surface area contributed by atoms with Crippen molar-refractivity contribution in [3.8, 4) is 0 Å². The van der Waals surface area contributed by atoms with E-state index in [1.165, 1.54) is 5.56 Å². The number of nitrogens with one attached hydrogen (secondary N) is 3. The van der Waals surface area contributed by atoms with Crippen LogP contribution in [-0.2, 0) is 11.2 Å². The van der Waals surface area contributed by atoms with Gasteiger partial charge in [0.1, 0.15) is 0 Å². The smallest absolute Gasteiger partial charge is 0.237 e. The summed E-state index contributed by atoms with van der Waals surface area (Å²) in [5.74, 6) is 0.0925. The van der Waals surface area contributed by atoms with Gasteiger partial charge in [-0.15, -0.1) is 0 Å². The largest absolute Gasteiger partial charge is 0.352 e. The van der Waals surface area contributed by atoms with Gasteiger partial charge in [-0.05, 0) is 59.6 Å². The summed E-state index contributed by atoms with van der Waals surface area (Å²) in [6, 6.07) is 10.2. The van der Waals surface area contributed by atoms with Crippen LogP contribution in [-0.4, -0.2) is 36.1 Å². The molecule has 0 aromatic heterocycles. The third-order valence-electron chi connectivity index (χ3n) is 4.48. The highest BCUT2D eigenvalue weighted by Crippen LogP contribution is 2.28. The molecule has 4 nitrogen and oxygen atoms in total. The second-order valence-corrected chi connectivity index (χ2v) is 8.04. The molecule has 128 valence electrons. The first kappa shape index (κ1) is 18.0. The molecule has 0 bridgehead atoms. The summed E-state index contributed by atoms with van der Waals surface area (Å²) in [5, 5.41) is 10.1. The molecule has 1 amide bonds. The van der Waals surface area contributed by atoms with Gasteiger partial charge in [0.2, 0.25) is 5.91 Å². The van der Waals surface area contributed by atoms with Gasteiger partial charge in [0.25, 0.3) is 0 Å². The zero-order valence-electron chi connectivity index (χ0n) is 15.1. The van der Waals surface area contributed by atoms with Crippen LogP contribution in [0.5, 0.6) is 0 Å². The number of hydrogen-bond donors (Lipinski definition) is 3. The highest BCUT2D eigenvalue weighted by Gasteiger charge is 2.38. The number of rotatable bonds is 5. The number of amides is 1. The molecular weight excluding hydrogens is 286 g/mol. The van der Waals surface area contributed by atoms with Gasteiger partial charge in [-0.3, -0.25) is 4.79 Å². The predicted molar refractivity (Wildman–Crippen MR) is 95.5 cm³/mol. The topological polar surface area (TPSA) is 53.2 Å². The van der Waals surface area contributed by atoms with Gasteiger partial charge in [-0.1, -0.05) is 30.3 Å². The van der Waals surface area contributed by atoms with Crippen molar-refractivity contribution in [1.82, 2.24) is 16.0 Å². The van der Waals surface area contributed by atoms with E-state index in [4.69, 9.17) is 0 Å². The van der Waals surface area contributed by atoms with Crippen molar-refractivity contribution >= 4 is 5.91 Å². The molecule has 1 aliphatic heterocycles. The lowest BCUT2D eigenvalue weighted by atomic mass is 9.79. The number of likely N-dealkylation sites (N-methyl/N-ethyl adjacent to an activating group) is 1.